The summed E-state index contributed by atoms with van der Waals surface area (Å²) in [5.74, 6) is 0.775. The molecule has 0 radical (unpaired) electrons. The van der Waals surface area contributed by atoms with Crippen molar-refractivity contribution in [3.8, 4) is 0 Å². The maximum Gasteiger partial charge on any atom is 0.239 e. The summed E-state index contributed by atoms with van der Waals surface area (Å²) in [6.45, 7) is 4.57. The van der Waals surface area contributed by atoms with Crippen molar-refractivity contribution >= 4 is 0 Å². The molecule has 0 aromatic rings. The number of hydrogen-bond acceptors (Lipinski definition) is 2. The smallest absolute Gasteiger partial charge is 0.239 e. The highest BCUT2D eigenvalue weighted by Crippen LogP contribution is 2.26. The van der Waals surface area contributed by atoms with Crippen molar-refractivity contribution in [2.75, 3.05) is 0 Å². The molecule has 0 amide bonds. The Morgan fingerprint density at radius 2 is 1.04 bits per heavy atom. The zero-order chi connectivity index (χ0) is 17.3. The minimum absolute atomic E-state index is 0.0142. The van der Waals surface area contributed by atoms with Crippen molar-refractivity contribution in [1.29, 1.82) is 0 Å². The SMILES string of the molecule is CCCCCCCCCC(CCCCCCCC)CC1OC=CO1. The van der Waals surface area contributed by atoms with Gasteiger partial charge in [0.05, 0.1) is 0 Å². The molecule has 0 saturated heterocycles. The first-order valence-electron chi connectivity index (χ1n) is 10.8. The lowest BCUT2D eigenvalue weighted by Gasteiger charge is -2.20. The zero-order valence-electron chi connectivity index (χ0n) is 16.4. The molecule has 0 aliphatic carbocycles. The van der Waals surface area contributed by atoms with Crippen molar-refractivity contribution in [2.45, 2.75) is 123 Å². The average Bonchev–Trinajstić information content (AvgIpc) is 3.10. The normalized spacial score (nSPS) is 15.4. The van der Waals surface area contributed by atoms with Crippen molar-refractivity contribution in [3.05, 3.63) is 12.5 Å². The molecule has 0 bridgehead atoms. The molecule has 0 aromatic carbocycles. The van der Waals surface area contributed by atoms with Gasteiger partial charge in [0.1, 0.15) is 12.5 Å². The summed E-state index contributed by atoms with van der Waals surface area (Å²) < 4.78 is 11.0. The summed E-state index contributed by atoms with van der Waals surface area (Å²) >= 11 is 0. The predicted octanol–water partition coefficient (Wildman–Crippen LogP) is 7.73. The van der Waals surface area contributed by atoms with E-state index in [4.69, 9.17) is 9.47 Å². The monoisotopic (exact) mass is 338 g/mol. The summed E-state index contributed by atoms with van der Waals surface area (Å²) in [6, 6.07) is 0. The molecule has 1 atom stereocenters. The topological polar surface area (TPSA) is 18.5 Å². The predicted molar refractivity (Wildman–Crippen MR) is 104 cm³/mol. The Bertz CT molecular complexity index is 280. The van der Waals surface area contributed by atoms with E-state index in [2.05, 4.69) is 13.8 Å². The van der Waals surface area contributed by atoms with E-state index in [-0.39, 0.29) is 6.29 Å². The Labute approximate surface area is 151 Å². The highest BCUT2D eigenvalue weighted by molar-refractivity contribution is 4.73. The lowest BCUT2D eigenvalue weighted by atomic mass is 9.91. The van der Waals surface area contributed by atoms with Crippen LogP contribution in [0, 0.1) is 5.92 Å². The third-order valence-electron chi connectivity index (χ3n) is 5.22. The standard InChI is InChI=1S/C22H42O2/c1-3-5-7-9-11-13-15-17-21(20-22-23-18-19-24-22)16-14-12-10-8-6-4-2/h18-19,21-22H,3-17,20H2,1-2H3. The van der Waals surface area contributed by atoms with E-state index in [9.17, 15) is 0 Å². The molecular weight excluding hydrogens is 296 g/mol. The van der Waals surface area contributed by atoms with Gasteiger partial charge in [0.2, 0.25) is 6.29 Å². The highest BCUT2D eigenvalue weighted by atomic mass is 16.7. The summed E-state index contributed by atoms with van der Waals surface area (Å²) in [5, 5.41) is 0. The average molecular weight is 339 g/mol. The van der Waals surface area contributed by atoms with Crippen molar-refractivity contribution in [3.63, 3.8) is 0 Å². The fourth-order valence-corrected chi connectivity index (χ4v) is 3.64. The van der Waals surface area contributed by atoms with Crippen LogP contribution >= 0.6 is 0 Å². The third kappa shape index (κ3) is 11.8. The first-order chi connectivity index (χ1) is 11.9. The summed E-state index contributed by atoms with van der Waals surface area (Å²) in [5.41, 5.74) is 0. The van der Waals surface area contributed by atoms with Gasteiger partial charge >= 0.3 is 0 Å². The van der Waals surface area contributed by atoms with Crippen LogP contribution in [0.3, 0.4) is 0 Å². The molecule has 0 aromatic heterocycles. The lowest BCUT2D eigenvalue weighted by molar-refractivity contribution is -0.0410. The van der Waals surface area contributed by atoms with Gasteiger partial charge < -0.3 is 9.47 Å². The van der Waals surface area contributed by atoms with Crippen LogP contribution in [-0.4, -0.2) is 6.29 Å². The number of hydrogen-bond donors (Lipinski definition) is 0. The van der Waals surface area contributed by atoms with E-state index in [1.807, 2.05) is 0 Å². The largest absolute Gasteiger partial charge is 0.459 e. The molecule has 0 spiro atoms. The number of rotatable bonds is 17. The molecule has 1 aliphatic heterocycles. The highest BCUT2D eigenvalue weighted by Gasteiger charge is 2.19. The Morgan fingerprint density at radius 1 is 0.625 bits per heavy atom. The lowest BCUT2D eigenvalue weighted by Crippen LogP contribution is -2.14. The Kier molecular flexibility index (Phi) is 14.1. The van der Waals surface area contributed by atoms with Crippen molar-refractivity contribution in [2.24, 2.45) is 5.92 Å². The van der Waals surface area contributed by atoms with Gasteiger partial charge in [0, 0.05) is 6.42 Å². The molecule has 2 nitrogen and oxygen atoms in total. The molecule has 0 saturated carbocycles. The van der Waals surface area contributed by atoms with Crippen molar-refractivity contribution in [1.82, 2.24) is 0 Å². The van der Waals surface area contributed by atoms with Gasteiger partial charge in [-0.25, -0.2) is 0 Å². The van der Waals surface area contributed by atoms with Crippen LogP contribution in [0.25, 0.3) is 0 Å². The molecule has 142 valence electrons. The van der Waals surface area contributed by atoms with Crippen LogP contribution in [0.1, 0.15) is 117 Å². The van der Waals surface area contributed by atoms with E-state index in [1.54, 1.807) is 12.5 Å². The second-order valence-corrected chi connectivity index (χ2v) is 7.54. The molecule has 1 heterocycles. The molecule has 2 heteroatoms. The van der Waals surface area contributed by atoms with Crippen LogP contribution in [-0.2, 0) is 9.47 Å². The number of ether oxygens (including phenoxy) is 2. The number of unbranched alkanes of at least 4 members (excludes halogenated alkanes) is 11. The van der Waals surface area contributed by atoms with E-state index in [1.165, 1.54) is 96.3 Å². The van der Waals surface area contributed by atoms with Gasteiger partial charge in [0.25, 0.3) is 0 Å². The van der Waals surface area contributed by atoms with Gasteiger partial charge in [-0.2, -0.15) is 0 Å². The zero-order valence-corrected chi connectivity index (χ0v) is 16.4. The molecule has 1 rings (SSSR count). The Morgan fingerprint density at radius 3 is 1.50 bits per heavy atom. The molecule has 1 unspecified atom stereocenters. The minimum Gasteiger partial charge on any atom is -0.459 e. The summed E-state index contributed by atoms with van der Waals surface area (Å²) in [7, 11) is 0. The fraction of sp³-hybridized carbons (Fsp3) is 0.909. The van der Waals surface area contributed by atoms with E-state index in [0.717, 1.165) is 12.3 Å². The molecule has 1 aliphatic rings. The quantitative estimate of drug-likeness (QED) is 0.253. The fourth-order valence-electron chi connectivity index (χ4n) is 3.64. The van der Waals surface area contributed by atoms with Crippen LogP contribution in [0.5, 0.6) is 0 Å². The van der Waals surface area contributed by atoms with Gasteiger partial charge in [-0.3, -0.25) is 0 Å². The van der Waals surface area contributed by atoms with Gasteiger partial charge in [-0.15, -0.1) is 0 Å². The molecule has 0 N–H and O–H groups in total. The van der Waals surface area contributed by atoms with Gasteiger partial charge in [-0.1, -0.05) is 110 Å². The minimum atomic E-state index is -0.0142. The first-order valence-corrected chi connectivity index (χ1v) is 10.8. The van der Waals surface area contributed by atoms with Crippen LogP contribution in [0.15, 0.2) is 12.5 Å². The molecule has 0 fully saturated rings. The van der Waals surface area contributed by atoms with E-state index >= 15 is 0 Å². The van der Waals surface area contributed by atoms with Gasteiger partial charge in [-0.05, 0) is 5.92 Å². The third-order valence-corrected chi connectivity index (χ3v) is 5.22. The van der Waals surface area contributed by atoms with E-state index < -0.39 is 0 Å². The maximum atomic E-state index is 5.51. The Hall–Kier alpha value is -0.660. The second-order valence-electron chi connectivity index (χ2n) is 7.54. The summed E-state index contributed by atoms with van der Waals surface area (Å²) in [6.07, 6.45) is 25.3. The van der Waals surface area contributed by atoms with Crippen LogP contribution in [0.2, 0.25) is 0 Å². The summed E-state index contributed by atoms with van der Waals surface area (Å²) in [4.78, 5) is 0. The van der Waals surface area contributed by atoms with Crippen molar-refractivity contribution < 1.29 is 9.47 Å². The maximum absolute atomic E-state index is 5.51. The molecule has 24 heavy (non-hydrogen) atoms. The van der Waals surface area contributed by atoms with Crippen LogP contribution < -0.4 is 0 Å². The van der Waals surface area contributed by atoms with Gasteiger partial charge in [0.15, 0.2) is 0 Å². The van der Waals surface area contributed by atoms with E-state index in [0.29, 0.717) is 0 Å². The molecular formula is C22H42O2. The Balaban J connectivity index is 2.10. The first kappa shape index (κ1) is 21.4. The van der Waals surface area contributed by atoms with Crippen LogP contribution in [0.4, 0.5) is 0 Å². The second kappa shape index (κ2) is 15.8.